The van der Waals surface area contributed by atoms with E-state index in [1.807, 2.05) is 25.1 Å². The van der Waals surface area contributed by atoms with Crippen LogP contribution < -0.4 is 15.5 Å². The second-order valence-electron chi connectivity index (χ2n) is 6.17. The summed E-state index contributed by atoms with van der Waals surface area (Å²) in [5.74, 6) is 0. The van der Waals surface area contributed by atoms with Crippen molar-refractivity contribution in [1.82, 2.24) is 5.32 Å². The molecule has 1 fully saturated rings. The van der Waals surface area contributed by atoms with Gasteiger partial charge < -0.3 is 20.6 Å². The Kier molecular flexibility index (Phi) is 7.20. The van der Waals surface area contributed by atoms with Crippen molar-refractivity contribution >= 4 is 17.4 Å². The van der Waals surface area contributed by atoms with Gasteiger partial charge in [-0.15, -0.1) is 0 Å². The Morgan fingerprint density at radius 2 is 2.00 bits per heavy atom. The average molecular weight is 319 g/mol. The molecule has 1 aromatic rings. The maximum absolute atomic E-state index is 12.1. The SMILES string of the molecule is CCC(CCO)NC(=O)Nc1cccc(N2CCCCCC2)c1. The van der Waals surface area contributed by atoms with E-state index in [1.54, 1.807) is 0 Å². The minimum atomic E-state index is -0.210. The molecule has 0 radical (unpaired) electrons. The molecule has 1 heterocycles. The first-order valence-corrected chi connectivity index (χ1v) is 8.76. The number of hydrogen-bond acceptors (Lipinski definition) is 3. The fraction of sp³-hybridized carbons (Fsp3) is 0.611. The number of hydrogen-bond donors (Lipinski definition) is 3. The monoisotopic (exact) mass is 319 g/mol. The number of urea groups is 1. The summed E-state index contributed by atoms with van der Waals surface area (Å²) in [5, 5.41) is 14.8. The first-order valence-electron chi connectivity index (χ1n) is 8.76. The van der Waals surface area contributed by atoms with E-state index in [0.29, 0.717) is 6.42 Å². The smallest absolute Gasteiger partial charge is 0.319 e. The number of nitrogens with one attached hydrogen (secondary N) is 2. The van der Waals surface area contributed by atoms with Crippen LogP contribution in [0.15, 0.2) is 24.3 Å². The van der Waals surface area contributed by atoms with Gasteiger partial charge >= 0.3 is 6.03 Å². The molecule has 128 valence electrons. The molecule has 0 spiro atoms. The fourth-order valence-corrected chi connectivity index (χ4v) is 3.00. The van der Waals surface area contributed by atoms with Crippen LogP contribution in [-0.4, -0.2) is 36.9 Å². The molecule has 1 atom stereocenters. The van der Waals surface area contributed by atoms with Gasteiger partial charge in [0.05, 0.1) is 0 Å². The van der Waals surface area contributed by atoms with Gasteiger partial charge in [0, 0.05) is 37.1 Å². The van der Waals surface area contributed by atoms with E-state index in [4.69, 9.17) is 5.11 Å². The van der Waals surface area contributed by atoms with Crippen molar-refractivity contribution in [3.8, 4) is 0 Å². The maximum atomic E-state index is 12.1. The van der Waals surface area contributed by atoms with Gasteiger partial charge in [0.2, 0.25) is 0 Å². The van der Waals surface area contributed by atoms with E-state index in [2.05, 4.69) is 21.6 Å². The number of aliphatic hydroxyl groups is 1. The summed E-state index contributed by atoms with van der Waals surface area (Å²) in [6, 6.07) is 7.84. The number of carbonyl (C=O) groups excluding carboxylic acids is 1. The Bertz CT molecular complexity index is 485. The number of nitrogens with zero attached hydrogens (tertiary/aromatic N) is 1. The van der Waals surface area contributed by atoms with Crippen molar-refractivity contribution in [2.24, 2.45) is 0 Å². The zero-order valence-corrected chi connectivity index (χ0v) is 14.1. The Balaban J connectivity index is 1.94. The summed E-state index contributed by atoms with van der Waals surface area (Å²) in [6.45, 7) is 4.26. The van der Waals surface area contributed by atoms with Gasteiger partial charge in [0.1, 0.15) is 0 Å². The molecule has 2 amide bonds. The molecule has 1 aliphatic rings. The maximum Gasteiger partial charge on any atom is 0.319 e. The van der Waals surface area contributed by atoms with Crippen molar-refractivity contribution in [2.75, 3.05) is 29.9 Å². The van der Waals surface area contributed by atoms with Gasteiger partial charge in [-0.2, -0.15) is 0 Å². The lowest BCUT2D eigenvalue weighted by Gasteiger charge is -2.23. The van der Waals surface area contributed by atoms with E-state index in [-0.39, 0.29) is 18.7 Å². The lowest BCUT2D eigenvalue weighted by Crippen LogP contribution is -2.38. The number of anilines is 2. The van der Waals surface area contributed by atoms with Crippen LogP contribution in [-0.2, 0) is 0 Å². The van der Waals surface area contributed by atoms with Crippen LogP contribution in [0.4, 0.5) is 16.2 Å². The van der Waals surface area contributed by atoms with E-state index in [9.17, 15) is 4.79 Å². The summed E-state index contributed by atoms with van der Waals surface area (Å²) < 4.78 is 0. The standard InChI is InChI=1S/C18H29N3O2/c1-2-15(10-13-22)19-18(23)20-16-8-7-9-17(14-16)21-11-5-3-4-6-12-21/h7-9,14-15,22H,2-6,10-13H2,1H3,(H2,19,20,23). The Labute approximate surface area is 139 Å². The molecule has 1 saturated heterocycles. The minimum Gasteiger partial charge on any atom is -0.396 e. The van der Waals surface area contributed by atoms with Gasteiger partial charge in [-0.05, 0) is 43.9 Å². The number of rotatable bonds is 6. The van der Waals surface area contributed by atoms with E-state index in [1.165, 1.54) is 31.4 Å². The Morgan fingerprint density at radius 1 is 1.26 bits per heavy atom. The van der Waals surface area contributed by atoms with Crippen LogP contribution in [0.2, 0.25) is 0 Å². The molecule has 5 nitrogen and oxygen atoms in total. The second-order valence-corrected chi connectivity index (χ2v) is 6.17. The molecule has 0 saturated carbocycles. The quantitative estimate of drug-likeness (QED) is 0.753. The second kappa shape index (κ2) is 9.40. The zero-order chi connectivity index (χ0) is 16.5. The number of aliphatic hydroxyl groups excluding tert-OH is 1. The van der Waals surface area contributed by atoms with E-state index >= 15 is 0 Å². The fourth-order valence-electron chi connectivity index (χ4n) is 3.00. The molecular weight excluding hydrogens is 290 g/mol. The van der Waals surface area contributed by atoms with Gasteiger partial charge in [-0.1, -0.05) is 25.8 Å². The predicted molar refractivity (Wildman–Crippen MR) is 95.1 cm³/mol. The van der Waals surface area contributed by atoms with Gasteiger partial charge in [0.25, 0.3) is 0 Å². The van der Waals surface area contributed by atoms with Crippen LogP contribution in [0.25, 0.3) is 0 Å². The molecule has 2 rings (SSSR count). The summed E-state index contributed by atoms with van der Waals surface area (Å²) in [7, 11) is 0. The van der Waals surface area contributed by atoms with E-state index in [0.717, 1.165) is 25.2 Å². The van der Waals surface area contributed by atoms with Crippen LogP contribution in [0, 0.1) is 0 Å². The van der Waals surface area contributed by atoms with Gasteiger partial charge in [0.15, 0.2) is 0 Å². The predicted octanol–water partition coefficient (Wildman–Crippen LogP) is 3.35. The van der Waals surface area contributed by atoms with Crippen molar-refractivity contribution in [3.63, 3.8) is 0 Å². The van der Waals surface area contributed by atoms with Crippen LogP contribution in [0.1, 0.15) is 45.4 Å². The molecule has 1 unspecified atom stereocenters. The molecular formula is C18H29N3O2. The van der Waals surface area contributed by atoms with E-state index < -0.39 is 0 Å². The van der Waals surface area contributed by atoms with Crippen molar-refractivity contribution in [3.05, 3.63) is 24.3 Å². The number of carbonyl (C=O) groups is 1. The third kappa shape index (κ3) is 5.75. The number of benzene rings is 1. The van der Waals surface area contributed by atoms with Crippen LogP contribution in [0.5, 0.6) is 0 Å². The molecule has 1 aromatic carbocycles. The topological polar surface area (TPSA) is 64.6 Å². The summed E-state index contributed by atoms with van der Waals surface area (Å²) >= 11 is 0. The highest BCUT2D eigenvalue weighted by atomic mass is 16.3. The first-order chi connectivity index (χ1) is 11.2. The third-order valence-corrected chi connectivity index (χ3v) is 4.38. The Morgan fingerprint density at radius 3 is 2.65 bits per heavy atom. The zero-order valence-electron chi connectivity index (χ0n) is 14.1. The normalized spacial score (nSPS) is 16.5. The lowest BCUT2D eigenvalue weighted by atomic mass is 10.1. The summed E-state index contributed by atoms with van der Waals surface area (Å²) in [6.07, 6.45) is 6.47. The minimum absolute atomic E-state index is 0.00814. The molecule has 1 aliphatic heterocycles. The Hall–Kier alpha value is -1.75. The van der Waals surface area contributed by atoms with Gasteiger partial charge in [-0.3, -0.25) is 0 Å². The highest BCUT2D eigenvalue weighted by Crippen LogP contribution is 2.22. The first kappa shape index (κ1) is 17.6. The number of amides is 2. The molecule has 23 heavy (non-hydrogen) atoms. The highest BCUT2D eigenvalue weighted by Gasteiger charge is 2.12. The lowest BCUT2D eigenvalue weighted by molar-refractivity contribution is 0.237. The molecule has 0 bridgehead atoms. The highest BCUT2D eigenvalue weighted by molar-refractivity contribution is 5.90. The van der Waals surface area contributed by atoms with Crippen molar-refractivity contribution in [2.45, 2.75) is 51.5 Å². The molecule has 3 N–H and O–H groups in total. The van der Waals surface area contributed by atoms with Gasteiger partial charge in [-0.25, -0.2) is 4.79 Å². The summed E-state index contributed by atoms with van der Waals surface area (Å²) in [5.41, 5.74) is 1.98. The molecule has 0 aromatic heterocycles. The average Bonchev–Trinajstić information content (AvgIpc) is 2.84. The van der Waals surface area contributed by atoms with Crippen LogP contribution >= 0.6 is 0 Å². The largest absolute Gasteiger partial charge is 0.396 e. The summed E-state index contributed by atoms with van der Waals surface area (Å²) in [4.78, 5) is 14.5. The third-order valence-electron chi connectivity index (χ3n) is 4.38. The molecule has 5 heteroatoms. The van der Waals surface area contributed by atoms with Crippen LogP contribution in [0.3, 0.4) is 0 Å². The van der Waals surface area contributed by atoms with Crippen molar-refractivity contribution < 1.29 is 9.90 Å². The molecule has 0 aliphatic carbocycles. The van der Waals surface area contributed by atoms with Crippen molar-refractivity contribution in [1.29, 1.82) is 0 Å².